The van der Waals surface area contributed by atoms with E-state index in [9.17, 15) is 0 Å². The summed E-state index contributed by atoms with van der Waals surface area (Å²) in [6, 6.07) is 14.9. The van der Waals surface area contributed by atoms with Crippen LogP contribution in [0.3, 0.4) is 0 Å². The van der Waals surface area contributed by atoms with Gasteiger partial charge in [-0.1, -0.05) is 18.2 Å². The van der Waals surface area contributed by atoms with Crippen molar-refractivity contribution in [1.29, 1.82) is 0 Å². The monoisotopic (exact) mass is 375 g/mol. The first kappa shape index (κ1) is 17.4. The summed E-state index contributed by atoms with van der Waals surface area (Å²) in [4.78, 5) is 12.2. The van der Waals surface area contributed by atoms with Crippen LogP contribution in [0.2, 0.25) is 0 Å². The van der Waals surface area contributed by atoms with Gasteiger partial charge in [-0.2, -0.15) is 0 Å². The van der Waals surface area contributed by atoms with Gasteiger partial charge in [-0.25, -0.2) is 9.97 Å². The highest BCUT2D eigenvalue weighted by atomic mass is 16.5. The maximum Gasteiger partial charge on any atom is 0.161 e. The lowest BCUT2D eigenvalue weighted by Crippen LogP contribution is -2.24. The second-order valence-electron chi connectivity index (χ2n) is 7.63. The van der Waals surface area contributed by atoms with Crippen molar-refractivity contribution in [3.63, 3.8) is 0 Å². The van der Waals surface area contributed by atoms with Crippen molar-refractivity contribution in [3.05, 3.63) is 59.4 Å². The Balaban J connectivity index is 1.42. The average molecular weight is 375 g/mol. The van der Waals surface area contributed by atoms with Crippen LogP contribution in [0.15, 0.2) is 42.5 Å². The molecule has 5 nitrogen and oxygen atoms in total. The first-order chi connectivity index (χ1) is 13.8. The van der Waals surface area contributed by atoms with E-state index in [2.05, 4.69) is 30.0 Å². The molecular formula is C23H25N3O2. The van der Waals surface area contributed by atoms with Crippen LogP contribution in [0.25, 0.3) is 11.0 Å². The van der Waals surface area contributed by atoms with Crippen LogP contribution in [-0.4, -0.2) is 34.6 Å². The molecule has 0 bridgehead atoms. The van der Waals surface area contributed by atoms with Gasteiger partial charge in [0.25, 0.3) is 0 Å². The summed E-state index contributed by atoms with van der Waals surface area (Å²) < 4.78 is 11.7. The smallest absolute Gasteiger partial charge is 0.161 e. The summed E-state index contributed by atoms with van der Waals surface area (Å²) in [6.45, 7) is 5.40. The minimum absolute atomic E-state index is 0.379. The highest BCUT2D eigenvalue weighted by Crippen LogP contribution is 2.38. The van der Waals surface area contributed by atoms with E-state index in [1.807, 2.05) is 24.3 Å². The highest BCUT2D eigenvalue weighted by molar-refractivity contribution is 5.74. The van der Waals surface area contributed by atoms with Crippen LogP contribution < -0.4 is 9.47 Å². The van der Waals surface area contributed by atoms with Crippen molar-refractivity contribution in [2.75, 3.05) is 19.8 Å². The number of nitrogens with zero attached hydrogens (tertiary/aromatic N) is 3. The molecule has 5 heteroatoms. The zero-order valence-corrected chi connectivity index (χ0v) is 16.2. The SMILES string of the molecule is Cc1nc2ccccc2nc1CN1CCCC1c1ccc2c(c1)OCCCO2. The molecule has 0 spiro atoms. The number of ether oxygens (including phenoxy) is 2. The number of hydrogen-bond donors (Lipinski definition) is 0. The Hall–Kier alpha value is -2.66. The summed E-state index contributed by atoms with van der Waals surface area (Å²) in [6.07, 6.45) is 3.28. The van der Waals surface area contributed by atoms with Gasteiger partial charge in [-0.15, -0.1) is 0 Å². The van der Waals surface area contributed by atoms with E-state index in [0.29, 0.717) is 6.04 Å². The molecule has 1 fully saturated rings. The fourth-order valence-electron chi connectivity index (χ4n) is 4.25. The highest BCUT2D eigenvalue weighted by Gasteiger charge is 2.28. The molecule has 3 aromatic rings. The standard InChI is InChI=1S/C23H25N3O2/c1-16-20(25-19-7-3-2-6-18(19)24-16)15-26-11-4-8-21(26)17-9-10-22-23(14-17)28-13-5-12-27-22/h2-3,6-7,9-10,14,21H,4-5,8,11-13,15H2,1H3. The molecule has 28 heavy (non-hydrogen) atoms. The van der Waals surface area contributed by atoms with Gasteiger partial charge in [0.1, 0.15) is 0 Å². The number of rotatable bonds is 3. The van der Waals surface area contributed by atoms with Gasteiger partial charge < -0.3 is 9.47 Å². The molecule has 2 aliphatic rings. The lowest BCUT2D eigenvalue weighted by molar-refractivity contribution is 0.244. The van der Waals surface area contributed by atoms with E-state index in [4.69, 9.17) is 19.4 Å². The van der Waals surface area contributed by atoms with Crippen LogP contribution >= 0.6 is 0 Å². The number of benzene rings is 2. The number of aryl methyl sites for hydroxylation is 1. The molecule has 0 radical (unpaired) electrons. The van der Waals surface area contributed by atoms with E-state index in [0.717, 1.165) is 73.1 Å². The van der Waals surface area contributed by atoms with Crippen molar-refractivity contribution in [2.45, 2.75) is 38.8 Å². The van der Waals surface area contributed by atoms with Crippen molar-refractivity contribution < 1.29 is 9.47 Å². The van der Waals surface area contributed by atoms with Crippen LogP contribution in [0.1, 0.15) is 42.3 Å². The third kappa shape index (κ3) is 3.31. The Morgan fingerprint density at radius 2 is 1.75 bits per heavy atom. The molecule has 2 aliphatic heterocycles. The number of hydrogen-bond acceptors (Lipinski definition) is 5. The minimum atomic E-state index is 0.379. The fourth-order valence-corrected chi connectivity index (χ4v) is 4.25. The second kappa shape index (κ2) is 7.40. The van der Waals surface area contributed by atoms with Crippen LogP contribution in [0, 0.1) is 6.92 Å². The quantitative estimate of drug-likeness (QED) is 0.677. The van der Waals surface area contributed by atoms with E-state index in [1.165, 1.54) is 12.0 Å². The van der Waals surface area contributed by atoms with Gasteiger partial charge in [0.05, 0.1) is 35.6 Å². The van der Waals surface area contributed by atoms with Crippen molar-refractivity contribution in [2.24, 2.45) is 0 Å². The van der Waals surface area contributed by atoms with Crippen LogP contribution in [-0.2, 0) is 6.54 Å². The van der Waals surface area contributed by atoms with Crippen molar-refractivity contribution in [1.82, 2.24) is 14.9 Å². The van der Waals surface area contributed by atoms with Gasteiger partial charge in [0, 0.05) is 19.0 Å². The molecule has 3 heterocycles. The molecule has 0 saturated carbocycles. The van der Waals surface area contributed by atoms with Gasteiger partial charge in [-0.3, -0.25) is 4.90 Å². The van der Waals surface area contributed by atoms with Gasteiger partial charge >= 0.3 is 0 Å². The number of likely N-dealkylation sites (tertiary alicyclic amines) is 1. The Kier molecular flexibility index (Phi) is 4.61. The summed E-state index contributed by atoms with van der Waals surface area (Å²) in [7, 11) is 0. The summed E-state index contributed by atoms with van der Waals surface area (Å²) in [5.41, 5.74) is 5.31. The predicted molar refractivity (Wildman–Crippen MR) is 109 cm³/mol. The molecule has 1 aromatic heterocycles. The fraction of sp³-hybridized carbons (Fsp3) is 0.391. The lowest BCUT2D eigenvalue weighted by atomic mass is 10.0. The average Bonchev–Trinajstić information content (AvgIpc) is 3.04. The summed E-state index contributed by atoms with van der Waals surface area (Å²) in [5.74, 6) is 1.74. The topological polar surface area (TPSA) is 47.5 Å². The molecule has 0 amide bonds. The van der Waals surface area contributed by atoms with Crippen molar-refractivity contribution in [3.8, 4) is 11.5 Å². The molecule has 1 atom stereocenters. The lowest BCUT2D eigenvalue weighted by Gasteiger charge is -2.25. The van der Waals surface area contributed by atoms with Gasteiger partial charge in [0.2, 0.25) is 0 Å². The maximum absolute atomic E-state index is 5.90. The van der Waals surface area contributed by atoms with Gasteiger partial charge in [0.15, 0.2) is 11.5 Å². The zero-order chi connectivity index (χ0) is 18.9. The Morgan fingerprint density at radius 3 is 2.61 bits per heavy atom. The molecular weight excluding hydrogens is 350 g/mol. The van der Waals surface area contributed by atoms with Gasteiger partial charge in [-0.05, 0) is 56.1 Å². The van der Waals surface area contributed by atoms with Crippen LogP contribution in [0.4, 0.5) is 0 Å². The van der Waals surface area contributed by atoms with Crippen LogP contribution in [0.5, 0.6) is 11.5 Å². The molecule has 0 N–H and O–H groups in total. The number of para-hydroxylation sites is 2. The molecule has 1 unspecified atom stereocenters. The minimum Gasteiger partial charge on any atom is -0.490 e. The second-order valence-corrected chi connectivity index (χ2v) is 7.63. The first-order valence-corrected chi connectivity index (χ1v) is 10.1. The molecule has 144 valence electrons. The molecule has 1 saturated heterocycles. The van der Waals surface area contributed by atoms with E-state index in [1.54, 1.807) is 0 Å². The first-order valence-electron chi connectivity index (χ1n) is 10.1. The third-order valence-corrected chi connectivity index (χ3v) is 5.72. The summed E-state index contributed by atoms with van der Waals surface area (Å²) in [5, 5.41) is 0. The third-order valence-electron chi connectivity index (χ3n) is 5.72. The molecule has 2 aromatic carbocycles. The predicted octanol–water partition coefficient (Wildman–Crippen LogP) is 4.44. The van der Waals surface area contributed by atoms with E-state index < -0.39 is 0 Å². The molecule has 5 rings (SSSR count). The number of aromatic nitrogens is 2. The van der Waals surface area contributed by atoms with E-state index >= 15 is 0 Å². The zero-order valence-electron chi connectivity index (χ0n) is 16.2. The Morgan fingerprint density at radius 1 is 0.964 bits per heavy atom. The Bertz CT molecular complexity index is 1000. The van der Waals surface area contributed by atoms with Crippen molar-refractivity contribution >= 4 is 11.0 Å². The van der Waals surface area contributed by atoms with E-state index in [-0.39, 0.29) is 0 Å². The largest absolute Gasteiger partial charge is 0.490 e. The normalized spacial score (nSPS) is 19.7. The summed E-state index contributed by atoms with van der Waals surface area (Å²) >= 11 is 0. The maximum atomic E-state index is 5.90. The number of fused-ring (bicyclic) bond motifs is 2. The Labute approximate surface area is 165 Å². The molecule has 0 aliphatic carbocycles.